The quantitative estimate of drug-likeness (QED) is 0.813. The van der Waals surface area contributed by atoms with Crippen molar-refractivity contribution in [1.29, 1.82) is 0 Å². The number of nitrogens with one attached hydrogen (secondary N) is 1. The highest BCUT2D eigenvalue weighted by Crippen LogP contribution is 2.11. The molecule has 1 atom stereocenters. The van der Waals surface area contributed by atoms with Crippen LogP contribution in [-0.4, -0.2) is 19.1 Å². The maximum Gasteiger partial charge on any atom is 0.225 e. The number of methoxy groups -OCH3 is 1. The van der Waals surface area contributed by atoms with E-state index in [4.69, 9.17) is 10.5 Å². The van der Waals surface area contributed by atoms with Crippen LogP contribution in [0.5, 0.6) is 0 Å². The first-order valence-electron chi connectivity index (χ1n) is 6.16. The maximum atomic E-state index is 11.7. The number of hydrogen-bond acceptors (Lipinski definition) is 3. The molecule has 1 amide bonds. The van der Waals surface area contributed by atoms with Gasteiger partial charge in [-0.15, -0.1) is 0 Å². The summed E-state index contributed by atoms with van der Waals surface area (Å²) in [6.45, 7) is 4.60. The average Bonchev–Trinajstić information content (AvgIpc) is 2.31. The molecular formula is C14H22N2O2. The molecule has 3 N–H and O–H groups in total. The Bertz CT molecular complexity index is 374. The first-order valence-corrected chi connectivity index (χ1v) is 6.16. The second kappa shape index (κ2) is 7.13. The highest BCUT2D eigenvalue weighted by molar-refractivity contribution is 5.91. The molecule has 0 radical (unpaired) electrons. The van der Waals surface area contributed by atoms with E-state index in [2.05, 4.69) is 5.32 Å². The molecule has 0 saturated carbocycles. The largest absolute Gasteiger partial charge is 0.380 e. The van der Waals surface area contributed by atoms with Crippen LogP contribution in [-0.2, 0) is 16.1 Å². The van der Waals surface area contributed by atoms with Gasteiger partial charge in [0.25, 0.3) is 0 Å². The van der Waals surface area contributed by atoms with E-state index in [0.29, 0.717) is 18.9 Å². The highest BCUT2D eigenvalue weighted by atomic mass is 16.5. The molecule has 1 unspecified atom stereocenters. The zero-order chi connectivity index (χ0) is 13.5. The van der Waals surface area contributed by atoms with Crippen LogP contribution in [0.15, 0.2) is 24.3 Å². The Morgan fingerprint density at radius 1 is 1.33 bits per heavy atom. The monoisotopic (exact) mass is 250 g/mol. The Labute approximate surface area is 109 Å². The summed E-state index contributed by atoms with van der Waals surface area (Å²) in [4.78, 5) is 11.7. The summed E-state index contributed by atoms with van der Waals surface area (Å²) in [6, 6.07) is 7.50. The predicted octanol–water partition coefficient (Wildman–Crippen LogP) is 2.14. The molecule has 0 aromatic heterocycles. The minimum atomic E-state index is -0.0993. The molecule has 0 saturated heterocycles. The molecule has 18 heavy (non-hydrogen) atoms. The lowest BCUT2D eigenvalue weighted by Crippen LogP contribution is -2.31. The lowest BCUT2D eigenvalue weighted by molar-refractivity contribution is -0.116. The average molecular weight is 250 g/mol. The van der Waals surface area contributed by atoms with Gasteiger partial charge in [0.1, 0.15) is 0 Å². The molecule has 0 aliphatic heterocycles. The number of hydrogen-bond donors (Lipinski definition) is 2. The number of carbonyl (C=O) groups excluding carboxylic acids is 1. The number of anilines is 1. The molecule has 4 nitrogen and oxygen atoms in total. The summed E-state index contributed by atoms with van der Waals surface area (Å²) in [7, 11) is 1.66. The molecule has 0 spiro atoms. The standard InChI is InChI=1S/C14H22N2O2/c1-10(2)13(15)8-14(17)16-12-6-4-11(5-7-12)9-18-3/h4-7,10,13H,8-9,15H2,1-3H3,(H,16,17). The van der Waals surface area contributed by atoms with Crippen molar-refractivity contribution in [3.63, 3.8) is 0 Å². The van der Waals surface area contributed by atoms with Crippen LogP contribution in [0.4, 0.5) is 5.69 Å². The lowest BCUT2D eigenvalue weighted by Gasteiger charge is -2.15. The van der Waals surface area contributed by atoms with Gasteiger partial charge < -0.3 is 15.8 Å². The van der Waals surface area contributed by atoms with Crippen LogP contribution >= 0.6 is 0 Å². The van der Waals surface area contributed by atoms with Crippen molar-refractivity contribution in [2.45, 2.75) is 32.9 Å². The van der Waals surface area contributed by atoms with Crippen LogP contribution in [0.2, 0.25) is 0 Å². The Kier molecular flexibility index (Phi) is 5.82. The number of nitrogens with two attached hydrogens (primary N) is 1. The fourth-order valence-corrected chi connectivity index (χ4v) is 1.51. The fourth-order valence-electron chi connectivity index (χ4n) is 1.51. The van der Waals surface area contributed by atoms with Gasteiger partial charge in [0.2, 0.25) is 5.91 Å². The SMILES string of the molecule is COCc1ccc(NC(=O)CC(N)C(C)C)cc1. The molecule has 0 bridgehead atoms. The first-order chi connectivity index (χ1) is 8.52. The second-order valence-electron chi connectivity index (χ2n) is 4.79. The van der Waals surface area contributed by atoms with Crippen molar-refractivity contribution in [2.75, 3.05) is 12.4 Å². The van der Waals surface area contributed by atoms with E-state index in [1.165, 1.54) is 0 Å². The van der Waals surface area contributed by atoms with Crippen molar-refractivity contribution < 1.29 is 9.53 Å². The predicted molar refractivity (Wildman–Crippen MR) is 73.2 cm³/mol. The van der Waals surface area contributed by atoms with Gasteiger partial charge in [-0.1, -0.05) is 26.0 Å². The van der Waals surface area contributed by atoms with Gasteiger partial charge >= 0.3 is 0 Å². The molecule has 1 aromatic rings. The van der Waals surface area contributed by atoms with Gasteiger partial charge in [-0.05, 0) is 23.6 Å². The summed E-state index contributed by atoms with van der Waals surface area (Å²) < 4.78 is 5.02. The Morgan fingerprint density at radius 3 is 2.44 bits per heavy atom. The minimum Gasteiger partial charge on any atom is -0.380 e. The fraction of sp³-hybridized carbons (Fsp3) is 0.500. The van der Waals surface area contributed by atoms with Crippen LogP contribution in [0, 0.1) is 5.92 Å². The van der Waals surface area contributed by atoms with Crippen molar-refractivity contribution in [3.8, 4) is 0 Å². The molecule has 4 heteroatoms. The number of carbonyl (C=O) groups is 1. The normalized spacial score (nSPS) is 12.5. The van der Waals surface area contributed by atoms with Gasteiger partial charge in [-0.3, -0.25) is 4.79 Å². The van der Waals surface area contributed by atoms with Crippen molar-refractivity contribution in [3.05, 3.63) is 29.8 Å². The van der Waals surface area contributed by atoms with Gasteiger partial charge in [0.05, 0.1) is 6.61 Å². The summed E-state index contributed by atoms with van der Waals surface area (Å²) in [5, 5.41) is 2.84. The first kappa shape index (κ1) is 14.7. The Morgan fingerprint density at radius 2 is 1.94 bits per heavy atom. The van der Waals surface area contributed by atoms with E-state index in [1.54, 1.807) is 7.11 Å². The minimum absolute atomic E-state index is 0.0457. The van der Waals surface area contributed by atoms with Gasteiger partial charge in [-0.25, -0.2) is 0 Å². The van der Waals surface area contributed by atoms with Crippen molar-refractivity contribution in [2.24, 2.45) is 11.7 Å². The smallest absolute Gasteiger partial charge is 0.225 e. The number of ether oxygens (including phenoxy) is 1. The van der Waals surface area contributed by atoms with Crippen LogP contribution < -0.4 is 11.1 Å². The number of rotatable bonds is 6. The zero-order valence-electron chi connectivity index (χ0n) is 11.3. The third-order valence-electron chi connectivity index (χ3n) is 2.83. The summed E-state index contributed by atoms with van der Waals surface area (Å²) >= 11 is 0. The second-order valence-corrected chi connectivity index (χ2v) is 4.79. The van der Waals surface area contributed by atoms with Crippen LogP contribution in [0.1, 0.15) is 25.8 Å². The van der Waals surface area contributed by atoms with Crippen molar-refractivity contribution in [1.82, 2.24) is 0 Å². The van der Waals surface area contributed by atoms with Crippen LogP contribution in [0.25, 0.3) is 0 Å². The molecule has 0 aliphatic rings. The van der Waals surface area contributed by atoms with E-state index >= 15 is 0 Å². The molecule has 0 heterocycles. The molecule has 0 aliphatic carbocycles. The molecule has 100 valence electrons. The van der Waals surface area contributed by atoms with Gasteiger partial charge in [0.15, 0.2) is 0 Å². The van der Waals surface area contributed by atoms with E-state index < -0.39 is 0 Å². The number of benzene rings is 1. The maximum absolute atomic E-state index is 11.7. The topological polar surface area (TPSA) is 64.3 Å². The Hall–Kier alpha value is -1.39. The Balaban J connectivity index is 2.49. The summed E-state index contributed by atoms with van der Waals surface area (Å²) in [5.74, 6) is 0.260. The van der Waals surface area contributed by atoms with Crippen molar-refractivity contribution >= 4 is 11.6 Å². The van der Waals surface area contributed by atoms with E-state index in [-0.39, 0.29) is 11.9 Å². The summed E-state index contributed by atoms with van der Waals surface area (Å²) in [6.07, 6.45) is 0.345. The van der Waals surface area contributed by atoms with E-state index in [1.807, 2.05) is 38.1 Å². The zero-order valence-corrected chi connectivity index (χ0v) is 11.3. The third kappa shape index (κ3) is 4.85. The molecule has 1 aromatic carbocycles. The molecule has 0 fully saturated rings. The number of amides is 1. The molecule has 1 rings (SSSR count). The van der Waals surface area contributed by atoms with Crippen LogP contribution in [0.3, 0.4) is 0 Å². The summed E-state index contributed by atoms with van der Waals surface area (Å²) in [5.41, 5.74) is 7.72. The highest BCUT2D eigenvalue weighted by Gasteiger charge is 2.12. The van der Waals surface area contributed by atoms with Gasteiger partial charge in [-0.2, -0.15) is 0 Å². The van der Waals surface area contributed by atoms with Gasteiger partial charge in [0, 0.05) is 25.3 Å². The van der Waals surface area contributed by atoms with E-state index in [0.717, 1.165) is 11.3 Å². The third-order valence-corrected chi connectivity index (χ3v) is 2.83. The molecular weight excluding hydrogens is 228 g/mol. The lowest BCUT2D eigenvalue weighted by atomic mass is 10.0. The van der Waals surface area contributed by atoms with E-state index in [9.17, 15) is 4.79 Å².